The van der Waals surface area contributed by atoms with E-state index in [4.69, 9.17) is 27.9 Å². The molecule has 0 unspecified atom stereocenters. The summed E-state index contributed by atoms with van der Waals surface area (Å²) in [4.78, 5) is 26.1. The van der Waals surface area contributed by atoms with E-state index in [1.54, 1.807) is 24.0 Å². The largest absolute Gasteiger partial charge is 0.466 e. The van der Waals surface area contributed by atoms with Gasteiger partial charge in [0.25, 0.3) is 15.9 Å². The number of hydrogen-bond donors (Lipinski definition) is 1. The number of rotatable bonds is 6. The number of amides is 1. The van der Waals surface area contributed by atoms with Crippen LogP contribution < -0.4 is 4.72 Å². The number of piperidine rings is 1. The zero-order valence-electron chi connectivity index (χ0n) is 16.8. The molecule has 0 radical (unpaired) electrons. The summed E-state index contributed by atoms with van der Waals surface area (Å²) in [7, 11) is -3.94. The first-order valence-electron chi connectivity index (χ1n) is 9.75. The molecule has 0 aliphatic carbocycles. The standard InChI is InChI=1S/C21H22Cl2N2O5S/c1-2-30-21(27)15-9-11-25(12-10-15)20(26)14-3-6-17(7-4-14)24-31(28,29)19-13-16(22)5-8-18(19)23/h3-8,13,15,24H,2,9-12H2,1H3. The quantitative estimate of drug-likeness (QED) is 0.619. The molecule has 0 bridgehead atoms. The lowest BCUT2D eigenvalue weighted by molar-refractivity contribution is -0.149. The second kappa shape index (κ2) is 9.89. The predicted octanol–water partition coefficient (Wildman–Crippen LogP) is 4.21. The third kappa shape index (κ3) is 5.70. The molecule has 0 spiro atoms. The highest BCUT2D eigenvalue weighted by molar-refractivity contribution is 7.92. The lowest BCUT2D eigenvalue weighted by atomic mass is 9.96. The highest BCUT2D eigenvalue weighted by Gasteiger charge is 2.28. The van der Waals surface area contributed by atoms with Crippen LogP contribution in [0.15, 0.2) is 47.4 Å². The molecular formula is C21H22Cl2N2O5S. The fourth-order valence-electron chi connectivity index (χ4n) is 3.34. The number of sulfonamides is 1. The Morgan fingerprint density at radius 2 is 1.74 bits per heavy atom. The van der Waals surface area contributed by atoms with Crippen molar-refractivity contribution in [3.8, 4) is 0 Å². The van der Waals surface area contributed by atoms with Crippen LogP contribution in [0.5, 0.6) is 0 Å². The maximum Gasteiger partial charge on any atom is 0.309 e. The van der Waals surface area contributed by atoms with Gasteiger partial charge in [0, 0.05) is 29.4 Å². The van der Waals surface area contributed by atoms with Crippen molar-refractivity contribution < 1.29 is 22.7 Å². The number of carbonyl (C=O) groups excluding carboxylic acids is 2. The molecule has 1 saturated heterocycles. The van der Waals surface area contributed by atoms with Gasteiger partial charge in [-0.2, -0.15) is 0 Å². The Kier molecular flexibility index (Phi) is 7.46. The molecule has 0 aromatic heterocycles. The van der Waals surface area contributed by atoms with E-state index in [-0.39, 0.29) is 38.4 Å². The molecule has 2 aromatic carbocycles. The number of benzene rings is 2. The highest BCUT2D eigenvalue weighted by atomic mass is 35.5. The molecule has 1 amide bonds. The Bertz CT molecular complexity index is 1070. The summed E-state index contributed by atoms with van der Waals surface area (Å²) >= 11 is 11.9. The van der Waals surface area contributed by atoms with Gasteiger partial charge in [-0.25, -0.2) is 8.42 Å². The van der Waals surface area contributed by atoms with E-state index in [1.165, 1.54) is 30.3 Å². The number of esters is 1. The van der Waals surface area contributed by atoms with Gasteiger partial charge >= 0.3 is 5.97 Å². The maximum atomic E-state index is 12.7. The first kappa shape index (κ1) is 23.4. The number of nitrogens with zero attached hydrogens (tertiary/aromatic N) is 1. The molecule has 10 heteroatoms. The first-order valence-corrected chi connectivity index (χ1v) is 12.0. The SMILES string of the molecule is CCOC(=O)C1CCN(C(=O)c2ccc(NS(=O)(=O)c3cc(Cl)ccc3Cl)cc2)CC1. The summed E-state index contributed by atoms with van der Waals surface area (Å²) in [6.45, 7) is 3.04. The van der Waals surface area contributed by atoms with Crippen LogP contribution >= 0.6 is 23.2 Å². The summed E-state index contributed by atoms with van der Waals surface area (Å²) in [6.07, 6.45) is 1.12. The zero-order valence-corrected chi connectivity index (χ0v) is 19.1. The lowest BCUT2D eigenvalue weighted by Gasteiger charge is -2.31. The van der Waals surface area contributed by atoms with Crippen LogP contribution in [0.3, 0.4) is 0 Å². The Balaban J connectivity index is 1.64. The van der Waals surface area contributed by atoms with Crippen LogP contribution in [0.4, 0.5) is 5.69 Å². The fourth-order valence-corrected chi connectivity index (χ4v) is 5.16. The smallest absolute Gasteiger partial charge is 0.309 e. The molecule has 2 aromatic rings. The van der Waals surface area contributed by atoms with Crippen molar-refractivity contribution in [3.05, 3.63) is 58.1 Å². The predicted molar refractivity (Wildman–Crippen MR) is 119 cm³/mol. The van der Waals surface area contributed by atoms with Crippen molar-refractivity contribution in [1.82, 2.24) is 4.90 Å². The number of anilines is 1. The van der Waals surface area contributed by atoms with Crippen LogP contribution in [0.25, 0.3) is 0 Å². The number of halogens is 2. The van der Waals surface area contributed by atoms with Gasteiger partial charge in [0.15, 0.2) is 0 Å². The topological polar surface area (TPSA) is 92.8 Å². The summed E-state index contributed by atoms with van der Waals surface area (Å²) < 4.78 is 32.7. The lowest BCUT2D eigenvalue weighted by Crippen LogP contribution is -2.40. The van der Waals surface area contributed by atoms with E-state index in [0.29, 0.717) is 38.1 Å². The van der Waals surface area contributed by atoms with Crippen molar-refractivity contribution in [2.75, 3.05) is 24.4 Å². The molecule has 1 heterocycles. The molecule has 166 valence electrons. The van der Waals surface area contributed by atoms with Gasteiger partial charge in [0.1, 0.15) is 4.90 Å². The fraction of sp³-hybridized carbons (Fsp3) is 0.333. The van der Waals surface area contributed by atoms with Crippen LogP contribution in [-0.2, 0) is 19.6 Å². The first-order chi connectivity index (χ1) is 14.7. The van der Waals surface area contributed by atoms with Crippen LogP contribution in [0, 0.1) is 5.92 Å². The number of nitrogens with one attached hydrogen (secondary N) is 1. The van der Waals surface area contributed by atoms with Gasteiger partial charge in [-0.3, -0.25) is 14.3 Å². The van der Waals surface area contributed by atoms with Gasteiger partial charge < -0.3 is 9.64 Å². The van der Waals surface area contributed by atoms with Crippen molar-refractivity contribution in [2.45, 2.75) is 24.7 Å². The van der Waals surface area contributed by atoms with Crippen LogP contribution in [0.2, 0.25) is 10.0 Å². The molecule has 1 N–H and O–H groups in total. The summed E-state index contributed by atoms with van der Waals surface area (Å²) in [5.74, 6) is -0.570. The summed E-state index contributed by atoms with van der Waals surface area (Å²) in [6, 6.07) is 10.3. The molecule has 0 atom stereocenters. The van der Waals surface area contributed by atoms with Gasteiger partial charge in [0.2, 0.25) is 0 Å². The van der Waals surface area contributed by atoms with Gasteiger partial charge in [0.05, 0.1) is 17.5 Å². The van der Waals surface area contributed by atoms with Crippen molar-refractivity contribution in [2.24, 2.45) is 5.92 Å². The third-order valence-corrected chi connectivity index (χ3v) is 7.07. The van der Waals surface area contributed by atoms with E-state index in [0.717, 1.165) is 0 Å². The van der Waals surface area contributed by atoms with Gasteiger partial charge in [-0.05, 0) is 62.2 Å². The van der Waals surface area contributed by atoms with Crippen molar-refractivity contribution >= 4 is 50.8 Å². The molecule has 1 fully saturated rings. The number of ether oxygens (including phenoxy) is 1. The number of hydrogen-bond acceptors (Lipinski definition) is 5. The van der Waals surface area contributed by atoms with Gasteiger partial charge in [-0.1, -0.05) is 23.2 Å². The van der Waals surface area contributed by atoms with E-state index >= 15 is 0 Å². The van der Waals surface area contributed by atoms with Crippen LogP contribution in [-0.4, -0.2) is 44.9 Å². The maximum absolute atomic E-state index is 12.7. The Morgan fingerprint density at radius 3 is 2.35 bits per heavy atom. The minimum Gasteiger partial charge on any atom is -0.466 e. The van der Waals surface area contributed by atoms with Crippen molar-refractivity contribution in [3.63, 3.8) is 0 Å². The van der Waals surface area contributed by atoms with E-state index in [9.17, 15) is 18.0 Å². The van der Waals surface area contributed by atoms with Gasteiger partial charge in [-0.15, -0.1) is 0 Å². The third-order valence-electron chi connectivity index (χ3n) is 4.97. The van der Waals surface area contributed by atoms with Crippen molar-refractivity contribution in [1.29, 1.82) is 0 Å². The zero-order chi connectivity index (χ0) is 22.6. The molecular weight excluding hydrogens is 463 g/mol. The molecule has 7 nitrogen and oxygen atoms in total. The minimum atomic E-state index is -3.94. The molecule has 31 heavy (non-hydrogen) atoms. The van der Waals surface area contributed by atoms with E-state index in [1.807, 2.05) is 0 Å². The highest BCUT2D eigenvalue weighted by Crippen LogP contribution is 2.27. The average Bonchev–Trinajstić information content (AvgIpc) is 2.75. The number of carbonyl (C=O) groups is 2. The van der Waals surface area contributed by atoms with E-state index in [2.05, 4.69) is 4.72 Å². The molecule has 3 rings (SSSR count). The molecule has 1 aliphatic heterocycles. The second-order valence-corrected chi connectivity index (χ2v) is 9.57. The Morgan fingerprint density at radius 1 is 1.10 bits per heavy atom. The molecule has 0 saturated carbocycles. The minimum absolute atomic E-state index is 0.0509. The summed E-state index contributed by atoms with van der Waals surface area (Å²) in [5, 5.41) is 0.298. The monoisotopic (exact) mass is 484 g/mol. The number of likely N-dealkylation sites (tertiary alicyclic amines) is 1. The molecule has 1 aliphatic rings. The average molecular weight is 485 g/mol. The summed E-state index contributed by atoms with van der Waals surface area (Å²) in [5.41, 5.74) is 0.715. The van der Waals surface area contributed by atoms with Crippen LogP contribution in [0.1, 0.15) is 30.1 Å². The Hall–Kier alpha value is -2.29. The Labute approximate surface area is 191 Å². The normalized spacial score (nSPS) is 14.9. The second-order valence-electron chi connectivity index (χ2n) is 7.08. The van der Waals surface area contributed by atoms with E-state index < -0.39 is 10.0 Å².